The topological polar surface area (TPSA) is 46.2 Å². The first-order valence-corrected chi connectivity index (χ1v) is 4.71. The zero-order valence-corrected chi connectivity index (χ0v) is 8.50. The zero-order chi connectivity index (χ0) is 10.7. The predicted molar refractivity (Wildman–Crippen MR) is 54.1 cm³/mol. The van der Waals surface area contributed by atoms with Crippen LogP contribution in [0.5, 0.6) is 0 Å². The van der Waals surface area contributed by atoms with Crippen LogP contribution in [-0.4, -0.2) is 5.11 Å². The number of benzene rings is 1. The summed E-state index contributed by atoms with van der Waals surface area (Å²) in [5.74, 6) is -0.0841. The second kappa shape index (κ2) is 4.53. The lowest BCUT2D eigenvalue weighted by Crippen LogP contribution is -2.17. The minimum Gasteiger partial charge on any atom is -0.392 e. The molecule has 78 valence electrons. The molecule has 3 heteroatoms. The Labute approximate surface area is 83.6 Å². The minimum absolute atomic E-state index is 0.110. The van der Waals surface area contributed by atoms with Crippen LogP contribution in [0.4, 0.5) is 4.39 Å². The van der Waals surface area contributed by atoms with Crippen molar-refractivity contribution in [2.75, 3.05) is 0 Å². The van der Waals surface area contributed by atoms with Crippen LogP contribution in [0.2, 0.25) is 0 Å². The molecule has 2 nitrogen and oxygen atoms in total. The van der Waals surface area contributed by atoms with E-state index in [4.69, 9.17) is 10.8 Å². The van der Waals surface area contributed by atoms with E-state index in [-0.39, 0.29) is 18.5 Å². The first-order valence-electron chi connectivity index (χ1n) is 4.71. The van der Waals surface area contributed by atoms with Gasteiger partial charge in [0.25, 0.3) is 0 Å². The van der Waals surface area contributed by atoms with Gasteiger partial charge in [-0.1, -0.05) is 19.9 Å². The van der Waals surface area contributed by atoms with Gasteiger partial charge >= 0.3 is 0 Å². The van der Waals surface area contributed by atoms with Crippen molar-refractivity contribution in [2.45, 2.75) is 26.5 Å². The Morgan fingerprint density at radius 1 is 1.43 bits per heavy atom. The van der Waals surface area contributed by atoms with Gasteiger partial charge in [-0.25, -0.2) is 4.39 Å². The molecule has 1 atom stereocenters. The van der Waals surface area contributed by atoms with Crippen molar-refractivity contribution < 1.29 is 9.50 Å². The van der Waals surface area contributed by atoms with E-state index >= 15 is 0 Å². The van der Waals surface area contributed by atoms with Crippen molar-refractivity contribution in [1.82, 2.24) is 0 Å². The summed E-state index contributed by atoms with van der Waals surface area (Å²) in [4.78, 5) is 0. The van der Waals surface area contributed by atoms with Gasteiger partial charge in [-0.05, 0) is 23.6 Å². The van der Waals surface area contributed by atoms with Gasteiger partial charge in [-0.15, -0.1) is 0 Å². The van der Waals surface area contributed by atoms with Gasteiger partial charge in [0.2, 0.25) is 0 Å². The average molecular weight is 197 g/mol. The SMILES string of the molecule is CC(C)[C@H](N)c1ccc(F)c(CO)c1. The monoisotopic (exact) mass is 197 g/mol. The lowest BCUT2D eigenvalue weighted by atomic mass is 9.95. The van der Waals surface area contributed by atoms with Crippen LogP contribution >= 0.6 is 0 Å². The van der Waals surface area contributed by atoms with E-state index in [9.17, 15) is 4.39 Å². The van der Waals surface area contributed by atoms with Gasteiger partial charge in [-0.3, -0.25) is 0 Å². The molecule has 1 aromatic rings. The van der Waals surface area contributed by atoms with Crippen molar-refractivity contribution in [2.24, 2.45) is 11.7 Å². The van der Waals surface area contributed by atoms with E-state index in [1.165, 1.54) is 6.07 Å². The maximum Gasteiger partial charge on any atom is 0.128 e. The molecule has 0 saturated heterocycles. The maximum atomic E-state index is 13.0. The Morgan fingerprint density at radius 2 is 2.07 bits per heavy atom. The lowest BCUT2D eigenvalue weighted by Gasteiger charge is -2.16. The van der Waals surface area contributed by atoms with Crippen molar-refractivity contribution in [3.63, 3.8) is 0 Å². The van der Waals surface area contributed by atoms with Gasteiger partial charge in [0, 0.05) is 11.6 Å². The van der Waals surface area contributed by atoms with Crippen LogP contribution in [0.3, 0.4) is 0 Å². The molecule has 14 heavy (non-hydrogen) atoms. The Kier molecular flexibility index (Phi) is 3.61. The molecule has 1 rings (SSSR count). The van der Waals surface area contributed by atoms with Crippen LogP contribution < -0.4 is 5.73 Å². The Bertz CT molecular complexity index is 312. The summed E-state index contributed by atoms with van der Waals surface area (Å²) in [6, 6.07) is 4.53. The number of nitrogens with two attached hydrogens (primary N) is 1. The molecule has 0 heterocycles. The largest absolute Gasteiger partial charge is 0.392 e. The summed E-state index contributed by atoms with van der Waals surface area (Å²) < 4.78 is 13.0. The van der Waals surface area contributed by atoms with E-state index in [1.54, 1.807) is 12.1 Å². The molecule has 0 aliphatic rings. The number of hydrogen-bond acceptors (Lipinski definition) is 2. The summed E-state index contributed by atoms with van der Waals surface area (Å²) in [6.45, 7) is 3.73. The summed E-state index contributed by atoms with van der Waals surface area (Å²) in [6.07, 6.45) is 0. The molecule has 0 aromatic heterocycles. The molecule has 0 saturated carbocycles. The van der Waals surface area contributed by atoms with Crippen LogP contribution in [-0.2, 0) is 6.61 Å². The fourth-order valence-electron chi connectivity index (χ4n) is 1.31. The van der Waals surface area contributed by atoms with E-state index in [2.05, 4.69) is 0 Å². The summed E-state index contributed by atoms with van der Waals surface area (Å²) in [7, 11) is 0. The fourth-order valence-corrected chi connectivity index (χ4v) is 1.31. The van der Waals surface area contributed by atoms with Gasteiger partial charge in [0.1, 0.15) is 5.82 Å². The quantitative estimate of drug-likeness (QED) is 0.778. The van der Waals surface area contributed by atoms with E-state index in [0.29, 0.717) is 11.5 Å². The smallest absolute Gasteiger partial charge is 0.128 e. The minimum atomic E-state index is -0.382. The summed E-state index contributed by atoms with van der Waals surface area (Å²) in [5.41, 5.74) is 7.08. The Balaban J connectivity index is 3.00. The number of aliphatic hydroxyl groups excluding tert-OH is 1. The third-order valence-electron chi connectivity index (χ3n) is 2.34. The number of hydrogen-bond donors (Lipinski definition) is 2. The third-order valence-corrected chi connectivity index (χ3v) is 2.34. The molecule has 3 N–H and O–H groups in total. The lowest BCUT2D eigenvalue weighted by molar-refractivity contribution is 0.275. The highest BCUT2D eigenvalue weighted by Crippen LogP contribution is 2.21. The Hall–Kier alpha value is -0.930. The first kappa shape index (κ1) is 11.1. The first-order chi connectivity index (χ1) is 6.56. The van der Waals surface area contributed by atoms with Crippen molar-refractivity contribution >= 4 is 0 Å². The Morgan fingerprint density at radius 3 is 2.57 bits per heavy atom. The number of halogens is 1. The second-order valence-corrected chi connectivity index (χ2v) is 3.78. The molecule has 0 unspecified atom stereocenters. The molecular weight excluding hydrogens is 181 g/mol. The number of rotatable bonds is 3. The highest BCUT2D eigenvalue weighted by molar-refractivity contribution is 5.27. The van der Waals surface area contributed by atoms with E-state index in [0.717, 1.165) is 5.56 Å². The van der Waals surface area contributed by atoms with Gasteiger partial charge in [0.05, 0.1) is 6.61 Å². The van der Waals surface area contributed by atoms with Crippen LogP contribution in [0.15, 0.2) is 18.2 Å². The van der Waals surface area contributed by atoms with Crippen molar-refractivity contribution in [1.29, 1.82) is 0 Å². The molecular formula is C11H16FNO. The standard InChI is InChI=1S/C11H16FNO/c1-7(2)11(13)8-3-4-10(12)9(5-8)6-14/h3-5,7,11,14H,6,13H2,1-2H3/t11-/m0/s1. The van der Waals surface area contributed by atoms with Gasteiger partial charge in [0.15, 0.2) is 0 Å². The molecule has 0 amide bonds. The zero-order valence-electron chi connectivity index (χ0n) is 8.50. The molecule has 0 radical (unpaired) electrons. The molecule has 0 spiro atoms. The van der Waals surface area contributed by atoms with Crippen molar-refractivity contribution in [3.05, 3.63) is 35.1 Å². The fraction of sp³-hybridized carbons (Fsp3) is 0.455. The van der Waals surface area contributed by atoms with Gasteiger partial charge in [-0.2, -0.15) is 0 Å². The summed E-state index contributed by atoms with van der Waals surface area (Å²) >= 11 is 0. The van der Waals surface area contributed by atoms with Crippen LogP contribution in [0.25, 0.3) is 0 Å². The van der Waals surface area contributed by atoms with E-state index in [1.807, 2.05) is 13.8 Å². The van der Waals surface area contributed by atoms with Crippen LogP contribution in [0.1, 0.15) is 31.0 Å². The van der Waals surface area contributed by atoms with Crippen molar-refractivity contribution in [3.8, 4) is 0 Å². The molecule has 0 fully saturated rings. The number of aliphatic hydroxyl groups is 1. The molecule has 0 aliphatic heterocycles. The highest BCUT2D eigenvalue weighted by atomic mass is 19.1. The predicted octanol–water partition coefficient (Wildman–Crippen LogP) is 1.97. The van der Waals surface area contributed by atoms with E-state index < -0.39 is 0 Å². The third kappa shape index (κ3) is 2.30. The second-order valence-electron chi connectivity index (χ2n) is 3.78. The molecule has 0 aliphatic carbocycles. The summed E-state index contributed by atoms with van der Waals surface area (Å²) in [5, 5.41) is 8.88. The molecule has 0 bridgehead atoms. The molecule has 1 aromatic carbocycles. The normalized spacial score (nSPS) is 13.3. The maximum absolute atomic E-state index is 13.0. The highest BCUT2D eigenvalue weighted by Gasteiger charge is 2.12. The van der Waals surface area contributed by atoms with Crippen LogP contribution in [0, 0.1) is 11.7 Å². The van der Waals surface area contributed by atoms with Gasteiger partial charge < -0.3 is 10.8 Å². The average Bonchev–Trinajstić information content (AvgIpc) is 2.17.